The van der Waals surface area contributed by atoms with Crippen molar-refractivity contribution in [2.24, 2.45) is 0 Å². The second-order valence-electron chi connectivity index (χ2n) is 7.19. The number of aromatic amines is 1. The summed E-state index contributed by atoms with van der Waals surface area (Å²) in [4.78, 5) is 18.0. The van der Waals surface area contributed by atoms with E-state index >= 15 is 0 Å². The molecular formula is C21H22N4O3S. The molecule has 150 valence electrons. The van der Waals surface area contributed by atoms with Gasteiger partial charge in [-0.2, -0.15) is 5.10 Å². The van der Waals surface area contributed by atoms with Gasteiger partial charge in [-0.25, -0.2) is 0 Å². The summed E-state index contributed by atoms with van der Waals surface area (Å²) < 4.78 is 10.8. The van der Waals surface area contributed by atoms with Gasteiger partial charge in [0.05, 0.1) is 12.1 Å². The molecule has 0 unspecified atom stereocenters. The summed E-state index contributed by atoms with van der Waals surface area (Å²) >= 11 is 1.64. The van der Waals surface area contributed by atoms with Crippen LogP contribution < -0.4 is 14.4 Å². The van der Waals surface area contributed by atoms with Crippen molar-refractivity contribution in [1.29, 1.82) is 0 Å². The van der Waals surface area contributed by atoms with E-state index in [-0.39, 0.29) is 12.7 Å². The van der Waals surface area contributed by atoms with Gasteiger partial charge in [0.1, 0.15) is 0 Å². The summed E-state index contributed by atoms with van der Waals surface area (Å²) in [5, 5.41) is 9.65. The van der Waals surface area contributed by atoms with Crippen LogP contribution in [0.4, 0.5) is 5.82 Å². The predicted octanol–water partition coefficient (Wildman–Crippen LogP) is 3.15. The van der Waals surface area contributed by atoms with Gasteiger partial charge in [0.15, 0.2) is 17.3 Å². The molecular weight excluding hydrogens is 388 g/mol. The van der Waals surface area contributed by atoms with Gasteiger partial charge < -0.3 is 19.3 Å². The van der Waals surface area contributed by atoms with E-state index in [0.29, 0.717) is 6.42 Å². The summed E-state index contributed by atoms with van der Waals surface area (Å²) in [6, 6.07) is 12.0. The number of anilines is 1. The highest BCUT2D eigenvalue weighted by Gasteiger charge is 2.21. The van der Waals surface area contributed by atoms with Gasteiger partial charge in [-0.05, 0) is 36.1 Å². The summed E-state index contributed by atoms with van der Waals surface area (Å²) in [7, 11) is 0. The zero-order valence-electron chi connectivity index (χ0n) is 16.0. The Morgan fingerprint density at radius 2 is 2.03 bits per heavy atom. The lowest BCUT2D eigenvalue weighted by Gasteiger charge is -2.21. The van der Waals surface area contributed by atoms with E-state index in [9.17, 15) is 4.79 Å². The number of carbonyl (C=O) groups is 1. The van der Waals surface area contributed by atoms with Gasteiger partial charge in [0.2, 0.25) is 12.7 Å². The highest BCUT2D eigenvalue weighted by atomic mass is 32.1. The number of thiophene rings is 1. The highest BCUT2D eigenvalue weighted by molar-refractivity contribution is 7.10. The number of fused-ring (bicyclic) bond motifs is 1. The maximum atomic E-state index is 12.6. The van der Waals surface area contributed by atoms with Crippen LogP contribution in [-0.4, -0.2) is 54.0 Å². The van der Waals surface area contributed by atoms with Gasteiger partial charge in [0, 0.05) is 42.7 Å². The number of aromatic nitrogens is 2. The molecule has 0 bridgehead atoms. The maximum Gasteiger partial charge on any atom is 0.231 e. The van der Waals surface area contributed by atoms with Crippen LogP contribution in [0, 0.1) is 0 Å². The van der Waals surface area contributed by atoms with Crippen molar-refractivity contribution >= 4 is 23.1 Å². The number of hydrogen-bond donors (Lipinski definition) is 1. The molecule has 2 aliphatic heterocycles. The average Bonchev–Trinajstić information content (AvgIpc) is 3.47. The molecule has 1 aromatic carbocycles. The van der Waals surface area contributed by atoms with Crippen LogP contribution in [0.15, 0.2) is 41.8 Å². The third-order valence-electron chi connectivity index (χ3n) is 5.33. The van der Waals surface area contributed by atoms with E-state index in [0.717, 1.165) is 66.1 Å². The Morgan fingerprint density at radius 3 is 2.93 bits per heavy atom. The molecule has 0 spiro atoms. The number of carbonyl (C=O) groups excluding carboxylic acids is 1. The number of nitrogens with one attached hydrogen (secondary N) is 1. The van der Waals surface area contributed by atoms with E-state index in [1.807, 2.05) is 40.6 Å². The number of rotatable bonds is 4. The molecule has 3 aromatic rings. The number of H-pyrrole nitrogens is 1. The van der Waals surface area contributed by atoms with Crippen LogP contribution >= 0.6 is 11.3 Å². The van der Waals surface area contributed by atoms with E-state index in [2.05, 4.69) is 21.2 Å². The predicted molar refractivity (Wildman–Crippen MR) is 112 cm³/mol. The Bertz CT molecular complexity index is 1000. The lowest BCUT2D eigenvalue weighted by Crippen LogP contribution is -2.36. The molecule has 29 heavy (non-hydrogen) atoms. The second kappa shape index (κ2) is 7.79. The average molecular weight is 410 g/mol. The molecule has 0 atom stereocenters. The van der Waals surface area contributed by atoms with Gasteiger partial charge in [-0.15, -0.1) is 11.3 Å². The number of hydrogen-bond acceptors (Lipinski definition) is 6. The first-order valence-corrected chi connectivity index (χ1v) is 10.6. The molecule has 7 nitrogen and oxygen atoms in total. The Kier molecular flexibility index (Phi) is 4.85. The molecule has 1 amide bonds. The van der Waals surface area contributed by atoms with Gasteiger partial charge in [-0.1, -0.05) is 6.07 Å². The van der Waals surface area contributed by atoms with E-state index < -0.39 is 0 Å². The normalized spacial score (nSPS) is 16.1. The minimum absolute atomic E-state index is 0.206. The minimum atomic E-state index is 0.206. The first-order chi connectivity index (χ1) is 14.3. The number of amides is 1. The molecule has 4 heterocycles. The zero-order chi connectivity index (χ0) is 19.6. The van der Waals surface area contributed by atoms with Gasteiger partial charge in [0.25, 0.3) is 0 Å². The summed E-state index contributed by atoms with van der Waals surface area (Å²) in [6.07, 6.45) is 1.43. The van der Waals surface area contributed by atoms with Crippen LogP contribution in [0.5, 0.6) is 11.5 Å². The molecule has 5 rings (SSSR count). The third kappa shape index (κ3) is 3.80. The van der Waals surface area contributed by atoms with Crippen LogP contribution in [0.3, 0.4) is 0 Å². The zero-order valence-corrected chi connectivity index (χ0v) is 16.8. The Morgan fingerprint density at radius 1 is 1.10 bits per heavy atom. The third-order valence-corrected chi connectivity index (χ3v) is 6.20. The Hall–Kier alpha value is -3.00. The number of nitrogens with zero attached hydrogens (tertiary/aromatic N) is 3. The van der Waals surface area contributed by atoms with Crippen LogP contribution in [0.2, 0.25) is 0 Å². The van der Waals surface area contributed by atoms with E-state index in [1.165, 1.54) is 0 Å². The lowest BCUT2D eigenvalue weighted by atomic mass is 10.1. The van der Waals surface area contributed by atoms with Crippen molar-refractivity contribution in [3.8, 4) is 22.8 Å². The van der Waals surface area contributed by atoms with Crippen molar-refractivity contribution in [3.05, 3.63) is 46.7 Å². The fraction of sp³-hybridized carbons (Fsp3) is 0.333. The smallest absolute Gasteiger partial charge is 0.231 e. The maximum absolute atomic E-state index is 12.6. The van der Waals surface area contributed by atoms with Crippen molar-refractivity contribution in [2.75, 3.05) is 37.9 Å². The minimum Gasteiger partial charge on any atom is -0.454 e. The summed E-state index contributed by atoms with van der Waals surface area (Å²) in [6.45, 7) is 3.44. The molecule has 1 saturated heterocycles. The van der Waals surface area contributed by atoms with Crippen LogP contribution in [0.25, 0.3) is 11.3 Å². The SMILES string of the molecule is O=C(Cc1cccs1)N1CCCN(c2cc(-c3ccc4c(c3)OCO4)[nH]n2)CC1. The highest BCUT2D eigenvalue weighted by Crippen LogP contribution is 2.36. The summed E-state index contributed by atoms with van der Waals surface area (Å²) in [5.41, 5.74) is 1.95. The molecule has 0 aliphatic carbocycles. The number of ether oxygens (including phenoxy) is 2. The van der Waals surface area contributed by atoms with E-state index in [4.69, 9.17) is 9.47 Å². The summed E-state index contributed by atoms with van der Waals surface area (Å²) in [5.74, 6) is 2.64. The standard InChI is InChI=1S/C21H22N4O3S/c26-21(12-16-3-1-10-29-16)25-7-2-6-24(8-9-25)20-13-17(22-23-20)15-4-5-18-19(11-15)28-14-27-18/h1,3-5,10-11,13H,2,6-9,12,14H2,(H,22,23). The Labute approximate surface area is 172 Å². The number of benzene rings is 1. The lowest BCUT2D eigenvalue weighted by molar-refractivity contribution is -0.130. The molecule has 1 N–H and O–H groups in total. The monoisotopic (exact) mass is 410 g/mol. The van der Waals surface area contributed by atoms with Crippen molar-refractivity contribution < 1.29 is 14.3 Å². The fourth-order valence-electron chi connectivity index (χ4n) is 3.76. The molecule has 0 radical (unpaired) electrons. The van der Waals surface area contributed by atoms with Gasteiger partial charge in [-0.3, -0.25) is 9.89 Å². The van der Waals surface area contributed by atoms with Crippen LogP contribution in [-0.2, 0) is 11.2 Å². The molecule has 1 fully saturated rings. The van der Waals surface area contributed by atoms with Crippen molar-refractivity contribution in [2.45, 2.75) is 12.8 Å². The van der Waals surface area contributed by atoms with Crippen LogP contribution in [0.1, 0.15) is 11.3 Å². The largest absolute Gasteiger partial charge is 0.454 e. The van der Waals surface area contributed by atoms with Crippen molar-refractivity contribution in [3.63, 3.8) is 0 Å². The van der Waals surface area contributed by atoms with Gasteiger partial charge >= 0.3 is 0 Å². The molecule has 2 aromatic heterocycles. The fourth-order valence-corrected chi connectivity index (χ4v) is 4.45. The molecule has 0 saturated carbocycles. The molecule has 8 heteroatoms. The molecule has 2 aliphatic rings. The second-order valence-corrected chi connectivity index (χ2v) is 8.22. The quantitative estimate of drug-likeness (QED) is 0.716. The first kappa shape index (κ1) is 18.1. The topological polar surface area (TPSA) is 70.7 Å². The Balaban J connectivity index is 1.25. The first-order valence-electron chi connectivity index (χ1n) is 9.77. The van der Waals surface area contributed by atoms with Crippen molar-refractivity contribution in [1.82, 2.24) is 15.1 Å². The van der Waals surface area contributed by atoms with E-state index in [1.54, 1.807) is 11.3 Å².